The number of carbonyl (C=O) groups is 1. The molecule has 3 aliphatic rings. The fraction of sp³-hybridized carbons (Fsp3) is 0.923. The molecular formula is C13H17F3O2. The van der Waals surface area contributed by atoms with Crippen molar-refractivity contribution in [3.63, 3.8) is 0 Å². The predicted octanol–water partition coefficient (Wildman–Crippen LogP) is 3.02. The highest BCUT2D eigenvalue weighted by Gasteiger charge is 2.71. The van der Waals surface area contributed by atoms with E-state index in [-0.39, 0.29) is 24.4 Å². The molecule has 3 aliphatic carbocycles. The molecule has 2 nitrogen and oxygen atoms in total. The Bertz CT molecular complexity index is 366. The highest BCUT2D eigenvalue weighted by atomic mass is 19.4. The number of hydrogen-bond acceptors (Lipinski definition) is 2. The molecule has 0 aliphatic heterocycles. The third-order valence-electron chi connectivity index (χ3n) is 5.20. The average Bonchev–Trinajstić information content (AvgIpc) is 2.72. The van der Waals surface area contributed by atoms with E-state index in [2.05, 4.69) is 0 Å². The summed E-state index contributed by atoms with van der Waals surface area (Å²) in [5.74, 6) is -2.85. The van der Waals surface area contributed by atoms with Crippen LogP contribution in [0.15, 0.2) is 0 Å². The second-order valence-electron chi connectivity index (χ2n) is 5.83. The second-order valence-corrected chi connectivity index (χ2v) is 5.83. The Hall–Kier alpha value is -0.740. The Morgan fingerprint density at radius 2 is 1.83 bits per heavy atom. The van der Waals surface area contributed by atoms with Gasteiger partial charge in [-0.1, -0.05) is 0 Å². The Morgan fingerprint density at radius 1 is 1.22 bits per heavy atom. The smallest absolute Gasteiger partial charge is 0.392 e. The molecule has 0 heterocycles. The van der Waals surface area contributed by atoms with Gasteiger partial charge in [0.15, 0.2) is 0 Å². The van der Waals surface area contributed by atoms with Gasteiger partial charge in [-0.3, -0.25) is 4.79 Å². The first-order valence-electron chi connectivity index (χ1n) is 6.68. The van der Waals surface area contributed by atoms with Crippen molar-refractivity contribution in [1.29, 1.82) is 0 Å². The van der Waals surface area contributed by atoms with E-state index in [0.29, 0.717) is 5.92 Å². The predicted molar refractivity (Wildman–Crippen MR) is 57.5 cm³/mol. The summed E-state index contributed by atoms with van der Waals surface area (Å²) < 4.78 is 44.2. The van der Waals surface area contributed by atoms with Gasteiger partial charge < -0.3 is 4.74 Å². The van der Waals surface area contributed by atoms with Crippen molar-refractivity contribution in [2.45, 2.75) is 32.4 Å². The topological polar surface area (TPSA) is 26.3 Å². The van der Waals surface area contributed by atoms with Gasteiger partial charge in [-0.2, -0.15) is 13.2 Å². The molecule has 3 rings (SSSR count). The quantitative estimate of drug-likeness (QED) is 0.715. The van der Waals surface area contributed by atoms with Crippen LogP contribution in [0.2, 0.25) is 0 Å². The summed E-state index contributed by atoms with van der Waals surface area (Å²) in [4.78, 5) is 11.8. The van der Waals surface area contributed by atoms with Crippen molar-refractivity contribution in [3.8, 4) is 0 Å². The van der Waals surface area contributed by atoms with Gasteiger partial charge in [0.1, 0.15) is 0 Å². The van der Waals surface area contributed by atoms with Crippen LogP contribution in [0.3, 0.4) is 0 Å². The van der Waals surface area contributed by atoms with Crippen LogP contribution in [0, 0.1) is 35.5 Å². The van der Waals surface area contributed by atoms with Gasteiger partial charge in [0.25, 0.3) is 0 Å². The maximum atomic E-state index is 13.1. The van der Waals surface area contributed by atoms with Crippen LogP contribution < -0.4 is 0 Å². The lowest BCUT2D eigenvalue weighted by atomic mass is 9.51. The maximum Gasteiger partial charge on any atom is 0.392 e. The molecule has 0 radical (unpaired) electrons. The monoisotopic (exact) mass is 262 g/mol. The molecular weight excluding hydrogens is 245 g/mol. The van der Waals surface area contributed by atoms with Gasteiger partial charge in [-0.15, -0.1) is 0 Å². The largest absolute Gasteiger partial charge is 0.466 e. The summed E-state index contributed by atoms with van der Waals surface area (Å²) in [5.41, 5.74) is 0. The molecule has 0 amide bonds. The standard InChI is InChI=1S/C13H17F3O2/c1-2-18-12(17)10-8-6-3-4-7(5-6)9(8)11(10)13(14,15)16/h6-11H,2-5H2,1H3/t6-,7+,8+,9-,10?,11?/m1/s1. The molecule has 0 spiro atoms. The normalized spacial score (nSPS) is 45.6. The molecule has 5 heteroatoms. The zero-order valence-corrected chi connectivity index (χ0v) is 10.2. The van der Waals surface area contributed by atoms with Gasteiger partial charge in [0, 0.05) is 0 Å². The van der Waals surface area contributed by atoms with Crippen LogP contribution in [0.5, 0.6) is 0 Å². The Morgan fingerprint density at radius 3 is 2.39 bits per heavy atom. The molecule has 0 aromatic carbocycles. The molecule has 2 bridgehead atoms. The first-order valence-corrected chi connectivity index (χ1v) is 6.68. The Balaban J connectivity index is 1.85. The lowest BCUT2D eigenvalue weighted by Gasteiger charge is -2.53. The van der Waals surface area contributed by atoms with Crippen LogP contribution in [0.1, 0.15) is 26.2 Å². The minimum atomic E-state index is -4.26. The minimum absolute atomic E-state index is 0.0607. The third-order valence-corrected chi connectivity index (χ3v) is 5.20. The zero-order chi connectivity index (χ0) is 13.1. The lowest BCUT2D eigenvalue weighted by Crippen LogP contribution is -2.59. The van der Waals surface area contributed by atoms with Gasteiger partial charge in [0.2, 0.25) is 0 Å². The number of esters is 1. The van der Waals surface area contributed by atoms with E-state index in [1.165, 1.54) is 0 Å². The Labute approximate surface area is 104 Å². The number of halogens is 3. The van der Waals surface area contributed by atoms with Gasteiger partial charge >= 0.3 is 12.1 Å². The highest BCUT2D eigenvalue weighted by molar-refractivity contribution is 5.75. The molecule has 3 fully saturated rings. The fourth-order valence-electron chi connectivity index (χ4n) is 4.74. The number of hydrogen-bond donors (Lipinski definition) is 0. The number of rotatable bonds is 2. The molecule has 3 saturated carbocycles. The summed E-state index contributed by atoms with van der Waals surface area (Å²) in [6.45, 7) is 1.79. The molecule has 102 valence electrons. The zero-order valence-electron chi connectivity index (χ0n) is 10.2. The van der Waals surface area contributed by atoms with E-state index in [1.807, 2.05) is 0 Å². The number of ether oxygens (including phenoxy) is 1. The lowest BCUT2D eigenvalue weighted by molar-refractivity contribution is -0.265. The average molecular weight is 262 g/mol. The van der Waals surface area contributed by atoms with E-state index in [1.54, 1.807) is 6.92 Å². The summed E-state index contributed by atoms with van der Waals surface area (Å²) in [6.07, 6.45) is -1.47. The minimum Gasteiger partial charge on any atom is -0.466 e. The van der Waals surface area contributed by atoms with Crippen molar-refractivity contribution >= 4 is 5.97 Å². The molecule has 18 heavy (non-hydrogen) atoms. The van der Waals surface area contributed by atoms with Crippen LogP contribution in [0.25, 0.3) is 0 Å². The SMILES string of the molecule is CCOC(=O)C1C(C(F)(F)F)[C@@H]2[C@H]3CC[C@H](C3)[C@H]12. The Kier molecular flexibility index (Phi) is 2.65. The van der Waals surface area contributed by atoms with E-state index in [9.17, 15) is 18.0 Å². The van der Waals surface area contributed by atoms with Crippen LogP contribution in [-0.4, -0.2) is 18.8 Å². The van der Waals surface area contributed by atoms with Crippen LogP contribution >= 0.6 is 0 Å². The van der Waals surface area contributed by atoms with Gasteiger partial charge in [0.05, 0.1) is 18.4 Å². The van der Waals surface area contributed by atoms with Crippen molar-refractivity contribution < 1.29 is 22.7 Å². The third kappa shape index (κ3) is 1.51. The fourth-order valence-corrected chi connectivity index (χ4v) is 4.74. The van der Waals surface area contributed by atoms with Crippen molar-refractivity contribution in [3.05, 3.63) is 0 Å². The van der Waals surface area contributed by atoms with Crippen molar-refractivity contribution in [2.24, 2.45) is 35.5 Å². The summed E-state index contributed by atoms with van der Waals surface area (Å²) in [5, 5.41) is 0. The van der Waals surface area contributed by atoms with Crippen molar-refractivity contribution in [1.82, 2.24) is 0 Å². The maximum absolute atomic E-state index is 13.1. The number of fused-ring (bicyclic) bond motifs is 5. The van der Waals surface area contributed by atoms with E-state index in [4.69, 9.17) is 4.74 Å². The molecule has 0 aromatic heterocycles. The summed E-state index contributed by atoms with van der Waals surface area (Å²) >= 11 is 0. The summed E-state index contributed by atoms with van der Waals surface area (Å²) in [6, 6.07) is 0. The van der Waals surface area contributed by atoms with E-state index >= 15 is 0 Å². The molecule has 0 aromatic rings. The number of alkyl halides is 3. The number of carbonyl (C=O) groups excluding carboxylic acids is 1. The molecule has 2 unspecified atom stereocenters. The second kappa shape index (κ2) is 3.87. The van der Waals surface area contributed by atoms with Gasteiger partial charge in [-0.25, -0.2) is 0 Å². The highest BCUT2D eigenvalue weighted by Crippen LogP contribution is 2.69. The molecule has 0 N–H and O–H groups in total. The van der Waals surface area contributed by atoms with Crippen molar-refractivity contribution in [2.75, 3.05) is 6.61 Å². The van der Waals surface area contributed by atoms with Gasteiger partial charge in [-0.05, 0) is 49.9 Å². The van der Waals surface area contributed by atoms with Crippen LogP contribution in [0.4, 0.5) is 13.2 Å². The molecule has 0 saturated heterocycles. The van der Waals surface area contributed by atoms with Crippen LogP contribution in [-0.2, 0) is 9.53 Å². The van der Waals surface area contributed by atoms with E-state index < -0.39 is 24.0 Å². The molecule has 6 atom stereocenters. The summed E-state index contributed by atoms with van der Waals surface area (Å²) in [7, 11) is 0. The first-order chi connectivity index (χ1) is 8.45. The van der Waals surface area contributed by atoms with E-state index in [0.717, 1.165) is 19.3 Å². The first kappa shape index (κ1) is 12.3.